The summed E-state index contributed by atoms with van der Waals surface area (Å²) in [5, 5.41) is 0. The molecule has 1 saturated heterocycles. The summed E-state index contributed by atoms with van der Waals surface area (Å²) in [6.45, 7) is 2.46. The van der Waals surface area contributed by atoms with Crippen LogP contribution in [0.4, 0.5) is 0 Å². The molecule has 0 unspecified atom stereocenters. The predicted octanol–water partition coefficient (Wildman–Crippen LogP) is 3.99. The largest absolute Gasteiger partial charge is 0.493 e. The lowest BCUT2D eigenvalue weighted by Gasteiger charge is -2.38. The second-order valence-corrected chi connectivity index (χ2v) is 6.79. The Morgan fingerprint density at radius 2 is 1.83 bits per heavy atom. The molecular formula is C18H19BrO5. The van der Waals surface area contributed by atoms with Crippen LogP contribution in [-0.2, 0) is 19.1 Å². The zero-order valence-corrected chi connectivity index (χ0v) is 15.1. The molecule has 2 aliphatic rings. The van der Waals surface area contributed by atoms with Gasteiger partial charge in [0.05, 0.1) is 11.1 Å². The van der Waals surface area contributed by atoms with E-state index in [2.05, 4.69) is 15.9 Å². The summed E-state index contributed by atoms with van der Waals surface area (Å²) in [5.74, 6) is -1.57. The number of ether oxygens (including phenoxy) is 3. The first kappa shape index (κ1) is 17.0. The van der Waals surface area contributed by atoms with Crippen molar-refractivity contribution in [3.63, 3.8) is 0 Å². The number of esters is 2. The second kappa shape index (κ2) is 6.97. The smallest absolute Gasteiger partial charge is 0.348 e. The van der Waals surface area contributed by atoms with E-state index >= 15 is 0 Å². The zero-order chi connectivity index (χ0) is 17.2. The Kier molecular flexibility index (Phi) is 4.94. The quantitative estimate of drug-likeness (QED) is 0.440. The van der Waals surface area contributed by atoms with E-state index in [4.69, 9.17) is 14.2 Å². The Labute approximate surface area is 149 Å². The van der Waals surface area contributed by atoms with Crippen molar-refractivity contribution >= 4 is 33.9 Å². The van der Waals surface area contributed by atoms with Gasteiger partial charge in [0.25, 0.3) is 5.79 Å². The molecule has 0 radical (unpaired) electrons. The molecule has 1 aliphatic heterocycles. The highest BCUT2D eigenvalue weighted by molar-refractivity contribution is 9.10. The van der Waals surface area contributed by atoms with E-state index in [0.717, 1.165) is 23.7 Å². The van der Waals surface area contributed by atoms with E-state index in [9.17, 15) is 9.59 Å². The number of hydrogen-bond donors (Lipinski definition) is 0. The number of benzene rings is 1. The van der Waals surface area contributed by atoms with Crippen molar-refractivity contribution < 1.29 is 23.8 Å². The number of rotatable bonds is 3. The molecule has 0 aromatic heterocycles. The molecule has 1 aromatic rings. The highest BCUT2D eigenvalue weighted by Crippen LogP contribution is 2.37. The van der Waals surface area contributed by atoms with Crippen LogP contribution in [-0.4, -0.2) is 24.3 Å². The zero-order valence-electron chi connectivity index (χ0n) is 13.5. The third-order valence-electron chi connectivity index (χ3n) is 4.18. The summed E-state index contributed by atoms with van der Waals surface area (Å²) in [5.41, 5.74) is 0.607. The Morgan fingerprint density at radius 1 is 1.17 bits per heavy atom. The molecule has 1 aromatic carbocycles. The van der Waals surface area contributed by atoms with Gasteiger partial charge in [0.1, 0.15) is 11.3 Å². The molecule has 2 fully saturated rings. The fourth-order valence-corrected chi connectivity index (χ4v) is 3.52. The van der Waals surface area contributed by atoms with E-state index in [-0.39, 0.29) is 5.57 Å². The molecule has 1 aliphatic carbocycles. The van der Waals surface area contributed by atoms with Gasteiger partial charge in [0.15, 0.2) is 0 Å². The maximum atomic E-state index is 12.3. The summed E-state index contributed by atoms with van der Waals surface area (Å²) in [7, 11) is 0. The summed E-state index contributed by atoms with van der Waals surface area (Å²) in [4.78, 5) is 24.6. The van der Waals surface area contributed by atoms with Crippen LogP contribution >= 0.6 is 15.9 Å². The minimum absolute atomic E-state index is 0.0812. The van der Waals surface area contributed by atoms with Crippen LogP contribution in [0.1, 0.15) is 44.6 Å². The van der Waals surface area contributed by atoms with Gasteiger partial charge >= 0.3 is 11.9 Å². The fourth-order valence-electron chi connectivity index (χ4n) is 3.01. The van der Waals surface area contributed by atoms with Crippen molar-refractivity contribution in [2.24, 2.45) is 0 Å². The van der Waals surface area contributed by atoms with Crippen molar-refractivity contribution in [2.45, 2.75) is 44.8 Å². The van der Waals surface area contributed by atoms with Crippen LogP contribution in [0.25, 0.3) is 6.08 Å². The van der Waals surface area contributed by atoms with Crippen molar-refractivity contribution in [1.82, 2.24) is 0 Å². The average Bonchev–Trinajstić information content (AvgIpc) is 2.54. The van der Waals surface area contributed by atoms with Crippen LogP contribution < -0.4 is 4.74 Å². The molecule has 0 atom stereocenters. The molecule has 1 saturated carbocycles. The van der Waals surface area contributed by atoms with Gasteiger partial charge in [-0.15, -0.1) is 0 Å². The number of carbonyl (C=O) groups excluding carboxylic acids is 2. The number of carbonyl (C=O) groups is 2. The van der Waals surface area contributed by atoms with Crippen LogP contribution in [0.3, 0.4) is 0 Å². The molecule has 0 bridgehead atoms. The van der Waals surface area contributed by atoms with Gasteiger partial charge in [-0.2, -0.15) is 0 Å². The van der Waals surface area contributed by atoms with Gasteiger partial charge in [-0.25, -0.2) is 9.59 Å². The summed E-state index contributed by atoms with van der Waals surface area (Å²) >= 11 is 3.41. The van der Waals surface area contributed by atoms with Crippen molar-refractivity contribution in [3.8, 4) is 5.75 Å². The molecule has 5 nitrogen and oxygen atoms in total. The van der Waals surface area contributed by atoms with E-state index in [0.29, 0.717) is 30.8 Å². The lowest BCUT2D eigenvalue weighted by Crippen LogP contribution is -2.47. The maximum absolute atomic E-state index is 12.3. The van der Waals surface area contributed by atoms with Gasteiger partial charge in [-0.3, -0.25) is 0 Å². The highest BCUT2D eigenvalue weighted by atomic mass is 79.9. The standard InChI is InChI=1S/C18H19BrO5/c1-2-22-15-7-6-12(11-14(15)19)10-13-16(20)23-18(24-17(13)21)8-4-3-5-9-18/h6-7,10-11H,2-5,8-9H2,1H3. The minimum Gasteiger partial charge on any atom is -0.493 e. The number of hydrogen-bond acceptors (Lipinski definition) is 5. The molecule has 1 spiro atoms. The molecule has 3 rings (SSSR count). The first-order valence-corrected chi connectivity index (χ1v) is 8.93. The van der Waals surface area contributed by atoms with Gasteiger partial charge in [0.2, 0.25) is 0 Å². The van der Waals surface area contributed by atoms with E-state index in [1.54, 1.807) is 18.2 Å². The fraction of sp³-hybridized carbons (Fsp3) is 0.444. The van der Waals surface area contributed by atoms with E-state index < -0.39 is 17.7 Å². The summed E-state index contributed by atoms with van der Waals surface area (Å²) in [6, 6.07) is 5.33. The van der Waals surface area contributed by atoms with Gasteiger partial charge in [-0.1, -0.05) is 12.5 Å². The monoisotopic (exact) mass is 394 g/mol. The molecule has 0 N–H and O–H groups in total. The van der Waals surface area contributed by atoms with Crippen LogP contribution in [0.15, 0.2) is 28.2 Å². The summed E-state index contributed by atoms with van der Waals surface area (Å²) in [6.07, 6.45) is 5.50. The number of halogens is 1. The predicted molar refractivity (Wildman–Crippen MR) is 91.3 cm³/mol. The maximum Gasteiger partial charge on any atom is 0.348 e. The molecule has 24 heavy (non-hydrogen) atoms. The van der Waals surface area contributed by atoms with Crippen LogP contribution in [0.2, 0.25) is 0 Å². The molecule has 128 valence electrons. The lowest BCUT2D eigenvalue weighted by molar-refractivity contribution is -0.244. The van der Waals surface area contributed by atoms with Gasteiger partial charge in [-0.05, 0) is 59.5 Å². The van der Waals surface area contributed by atoms with Gasteiger partial charge < -0.3 is 14.2 Å². The lowest BCUT2D eigenvalue weighted by atomic mass is 9.93. The third kappa shape index (κ3) is 3.48. The van der Waals surface area contributed by atoms with Gasteiger partial charge in [0, 0.05) is 12.8 Å². The SMILES string of the molecule is CCOc1ccc(C=C2C(=O)OC3(CCCCC3)OC2=O)cc1Br. The molecule has 6 heteroatoms. The first-order chi connectivity index (χ1) is 11.5. The third-order valence-corrected chi connectivity index (χ3v) is 4.80. The van der Waals surface area contributed by atoms with Crippen molar-refractivity contribution in [3.05, 3.63) is 33.8 Å². The Hall–Kier alpha value is -1.82. The first-order valence-electron chi connectivity index (χ1n) is 8.14. The molecular weight excluding hydrogens is 376 g/mol. The topological polar surface area (TPSA) is 61.8 Å². The van der Waals surface area contributed by atoms with Crippen LogP contribution in [0.5, 0.6) is 5.75 Å². The molecule has 0 amide bonds. The van der Waals surface area contributed by atoms with Crippen LogP contribution in [0, 0.1) is 0 Å². The van der Waals surface area contributed by atoms with Crippen molar-refractivity contribution in [2.75, 3.05) is 6.61 Å². The van der Waals surface area contributed by atoms with Crippen molar-refractivity contribution in [1.29, 1.82) is 0 Å². The Morgan fingerprint density at radius 3 is 2.42 bits per heavy atom. The normalized spacial score (nSPS) is 19.7. The second-order valence-electron chi connectivity index (χ2n) is 5.93. The summed E-state index contributed by atoms with van der Waals surface area (Å²) < 4.78 is 17.1. The minimum atomic E-state index is -1.05. The average molecular weight is 395 g/mol. The Bertz CT molecular complexity index is 667. The molecule has 1 heterocycles. The van der Waals surface area contributed by atoms with E-state index in [1.807, 2.05) is 6.92 Å². The Balaban J connectivity index is 1.82. The highest BCUT2D eigenvalue weighted by Gasteiger charge is 2.46. The van der Waals surface area contributed by atoms with E-state index in [1.165, 1.54) is 6.08 Å².